The van der Waals surface area contributed by atoms with Gasteiger partial charge in [-0.2, -0.15) is 5.10 Å². The van der Waals surface area contributed by atoms with Crippen LogP contribution in [-0.2, 0) is 18.2 Å². The van der Waals surface area contributed by atoms with E-state index in [0.29, 0.717) is 6.04 Å². The van der Waals surface area contributed by atoms with Crippen LogP contribution in [0.3, 0.4) is 0 Å². The summed E-state index contributed by atoms with van der Waals surface area (Å²) in [5.74, 6) is 0. The molecular formula is C12H23N3O. The number of ether oxygens (including phenoxy) is 1. The van der Waals surface area contributed by atoms with Crippen molar-refractivity contribution in [1.82, 2.24) is 15.1 Å². The Labute approximate surface area is 98.0 Å². The summed E-state index contributed by atoms with van der Waals surface area (Å²) in [4.78, 5) is 0. The van der Waals surface area contributed by atoms with Gasteiger partial charge in [-0.1, -0.05) is 0 Å². The summed E-state index contributed by atoms with van der Waals surface area (Å²) in [6, 6.07) is 2.40. The molecular weight excluding hydrogens is 202 g/mol. The van der Waals surface area contributed by atoms with Gasteiger partial charge in [0, 0.05) is 32.1 Å². The van der Waals surface area contributed by atoms with E-state index in [1.165, 1.54) is 5.69 Å². The minimum atomic E-state index is -0.145. The molecule has 1 aromatic rings. The lowest BCUT2D eigenvalue weighted by atomic mass is 9.94. The second-order valence-electron chi connectivity index (χ2n) is 4.63. The van der Waals surface area contributed by atoms with Crippen molar-refractivity contribution in [3.8, 4) is 0 Å². The van der Waals surface area contributed by atoms with Crippen LogP contribution in [0.4, 0.5) is 0 Å². The molecule has 92 valence electrons. The minimum absolute atomic E-state index is 0.145. The molecule has 0 spiro atoms. The molecule has 1 rings (SSSR count). The molecule has 4 heteroatoms. The van der Waals surface area contributed by atoms with Gasteiger partial charge in [-0.3, -0.25) is 4.68 Å². The predicted octanol–water partition coefficient (Wildman–Crippen LogP) is 1.37. The average molecular weight is 225 g/mol. The summed E-state index contributed by atoms with van der Waals surface area (Å²) in [5, 5.41) is 7.49. The molecule has 0 amide bonds. The van der Waals surface area contributed by atoms with Crippen molar-refractivity contribution >= 4 is 0 Å². The van der Waals surface area contributed by atoms with Gasteiger partial charge in [-0.25, -0.2) is 0 Å². The highest BCUT2D eigenvalue weighted by molar-refractivity contribution is 5.01. The molecule has 4 nitrogen and oxygen atoms in total. The molecule has 0 fully saturated rings. The van der Waals surface area contributed by atoms with E-state index >= 15 is 0 Å². The number of hydrogen-bond donors (Lipinski definition) is 1. The molecule has 0 saturated carbocycles. The first-order valence-corrected chi connectivity index (χ1v) is 5.70. The van der Waals surface area contributed by atoms with Crippen LogP contribution in [-0.4, -0.2) is 35.6 Å². The smallest absolute Gasteiger partial charge is 0.0775 e. The zero-order valence-corrected chi connectivity index (χ0v) is 10.9. The largest absolute Gasteiger partial charge is 0.377 e. The Morgan fingerprint density at radius 1 is 1.56 bits per heavy atom. The number of aryl methyl sites for hydroxylation is 2. The molecule has 1 heterocycles. The third-order valence-electron chi connectivity index (χ3n) is 3.33. The van der Waals surface area contributed by atoms with Crippen molar-refractivity contribution in [2.24, 2.45) is 7.05 Å². The monoisotopic (exact) mass is 225 g/mol. The Morgan fingerprint density at radius 2 is 2.25 bits per heavy atom. The fraction of sp³-hybridized carbons (Fsp3) is 0.750. The van der Waals surface area contributed by atoms with E-state index in [9.17, 15) is 0 Å². The molecule has 0 radical (unpaired) electrons. The Balaban J connectivity index is 2.56. The molecule has 16 heavy (non-hydrogen) atoms. The SMILES string of the molecule is CNC(CCc1ccnn1C)C(C)(C)OC. The summed E-state index contributed by atoms with van der Waals surface area (Å²) in [5.41, 5.74) is 1.11. The maximum absolute atomic E-state index is 5.51. The van der Waals surface area contributed by atoms with Gasteiger partial charge in [0.05, 0.1) is 5.60 Å². The summed E-state index contributed by atoms with van der Waals surface area (Å²) < 4.78 is 7.43. The third kappa shape index (κ3) is 3.06. The number of methoxy groups -OCH3 is 1. The first kappa shape index (κ1) is 13.2. The van der Waals surface area contributed by atoms with Gasteiger partial charge >= 0.3 is 0 Å². The van der Waals surface area contributed by atoms with Crippen LogP contribution in [0.15, 0.2) is 12.3 Å². The van der Waals surface area contributed by atoms with Crippen LogP contribution in [0.25, 0.3) is 0 Å². The highest BCUT2D eigenvalue weighted by Crippen LogP contribution is 2.18. The summed E-state index contributed by atoms with van der Waals surface area (Å²) in [6.45, 7) is 4.22. The van der Waals surface area contributed by atoms with E-state index in [1.54, 1.807) is 7.11 Å². The highest BCUT2D eigenvalue weighted by atomic mass is 16.5. The number of nitrogens with zero attached hydrogens (tertiary/aromatic N) is 2. The van der Waals surface area contributed by atoms with Crippen molar-refractivity contribution in [2.45, 2.75) is 38.3 Å². The first-order chi connectivity index (χ1) is 7.51. The summed E-state index contributed by atoms with van der Waals surface area (Å²) in [6.07, 6.45) is 3.89. The van der Waals surface area contributed by atoms with Crippen molar-refractivity contribution in [3.63, 3.8) is 0 Å². The molecule has 0 aliphatic heterocycles. The van der Waals surface area contributed by atoms with Crippen molar-refractivity contribution in [1.29, 1.82) is 0 Å². The molecule has 1 unspecified atom stereocenters. The predicted molar refractivity (Wildman–Crippen MR) is 65.5 cm³/mol. The second kappa shape index (κ2) is 5.46. The zero-order chi connectivity index (χ0) is 12.2. The normalized spacial score (nSPS) is 14.1. The van der Waals surface area contributed by atoms with Crippen LogP contribution in [0, 0.1) is 0 Å². The second-order valence-corrected chi connectivity index (χ2v) is 4.63. The van der Waals surface area contributed by atoms with Gasteiger partial charge in [-0.05, 0) is 39.8 Å². The molecule has 0 saturated heterocycles. The highest BCUT2D eigenvalue weighted by Gasteiger charge is 2.27. The average Bonchev–Trinajstić information content (AvgIpc) is 2.65. The van der Waals surface area contributed by atoms with E-state index in [0.717, 1.165) is 12.8 Å². The fourth-order valence-corrected chi connectivity index (χ4v) is 1.92. The number of rotatable bonds is 6. The van der Waals surface area contributed by atoms with Gasteiger partial charge in [0.1, 0.15) is 0 Å². The fourth-order valence-electron chi connectivity index (χ4n) is 1.92. The van der Waals surface area contributed by atoms with Gasteiger partial charge < -0.3 is 10.1 Å². The molecule has 1 aromatic heterocycles. The van der Waals surface area contributed by atoms with E-state index in [2.05, 4.69) is 30.3 Å². The molecule has 0 bridgehead atoms. The quantitative estimate of drug-likeness (QED) is 0.794. The van der Waals surface area contributed by atoms with Gasteiger partial charge in [0.15, 0.2) is 0 Å². The molecule has 0 aliphatic rings. The Kier molecular flexibility index (Phi) is 4.50. The van der Waals surface area contributed by atoms with Crippen LogP contribution in [0.5, 0.6) is 0 Å². The van der Waals surface area contributed by atoms with E-state index in [1.807, 2.05) is 25.0 Å². The van der Waals surface area contributed by atoms with Crippen LogP contribution in [0.2, 0.25) is 0 Å². The van der Waals surface area contributed by atoms with E-state index in [-0.39, 0.29) is 5.60 Å². The third-order valence-corrected chi connectivity index (χ3v) is 3.33. The summed E-state index contributed by atoms with van der Waals surface area (Å²) in [7, 11) is 5.72. The van der Waals surface area contributed by atoms with Crippen molar-refractivity contribution in [2.75, 3.05) is 14.2 Å². The summed E-state index contributed by atoms with van der Waals surface area (Å²) >= 11 is 0. The molecule has 1 atom stereocenters. The number of hydrogen-bond acceptors (Lipinski definition) is 3. The van der Waals surface area contributed by atoms with Crippen LogP contribution < -0.4 is 5.32 Å². The lowest BCUT2D eigenvalue weighted by Crippen LogP contribution is -2.46. The number of aromatic nitrogens is 2. The maximum Gasteiger partial charge on any atom is 0.0775 e. The van der Waals surface area contributed by atoms with Gasteiger partial charge in [0.25, 0.3) is 0 Å². The molecule has 0 aromatic carbocycles. The van der Waals surface area contributed by atoms with Gasteiger partial charge in [-0.15, -0.1) is 0 Å². The van der Waals surface area contributed by atoms with E-state index < -0.39 is 0 Å². The van der Waals surface area contributed by atoms with Crippen LogP contribution >= 0.6 is 0 Å². The number of nitrogens with one attached hydrogen (secondary N) is 1. The minimum Gasteiger partial charge on any atom is -0.377 e. The Hall–Kier alpha value is -0.870. The van der Waals surface area contributed by atoms with E-state index in [4.69, 9.17) is 4.74 Å². The Bertz CT molecular complexity index is 320. The topological polar surface area (TPSA) is 39.1 Å². The standard InChI is InChI=1S/C12H23N3O/c1-12(2,16-5)11(13-3)7-6-10-8-9-14-15(10)4/h8-9,11,13H,6-7H2,1-5H3. The lowest BCUT2D eigenvalue weighted by molar-refractivity contribution is -0.0104. The molecule has 1 N–H and O–H groups in total. The van der Waals surface area contributed by atoms with Gasteiger partial charge in [0.2, 0.25) is 0 Å². The zero-order valence-electron chi connectivity index (χ0n) is 10.9. The number of likely N-dealkylation sites (N-methyl/N-ethyl adjacent to an activating group) is 1. The van der Waals surface area contributed by atoms with Crippen molar-refractivity contribution in [3.05, 3.63) is 18.0 Å². The first-order valence-electron chi connectivity index (χ1n) is 5.70. The van der Waals surface area contributed by atoms with Crippen LogP contribution in [0.1, 0.15) is 26.0 Å². The Morgan fingerprint density at radius 3 is 2.69 bits per heavy atom. The lowest BCUT2D eigenvalue weighted by Gasteiger charge is -2.33. The molecule has 0 aliphatic carbocycles. The maximum atomic E-state index is 5.51. The van der Waals surface area contributed by atoms with Crippen molar-refractivity contribution < 1.29 is 4.74 Å².